The topological polar surface area (TPSA) is 53.9 Å². The Bertz CT molecular complexity index is 753. The zero-order valence-corrected chi connectivity index (χ0v) is 14.0. The summed E-state index contributed by atoms with van der Waals surface area (Å²) in [6.07, 6.45) is 1.77. The maximum Gasteiger partial charge on any atom is 0.331 e. The van der Waals surface area contributed by atoms with Crippen LogP contribution < -0.4 is 15.0 Å². The summed E-state index contributed by atoms with van der Waals surface area (Å²) in [5.41, 5.74) is 2.65. The summed E-state index contributed by atoms with van der Waals surface area (Å²) in [4.78, 5) is 19.0. The Kier molecular flexibility index (Phi) is 4.79. The minimum Gasteiger partial charge on any atom is -0.497 e. The molecule has 1 aliphatic heterocycles. The SMILES string of the molecule is COc1ccc(N(C(=O)Nc2cccc(C)c2)C2=NCCC2)cc1. The van der Waals surface area contributed by atoms with Gasteiger partial charge < -0.3 is 10.1 Å². The van der Waals surface area contributed by atoms with Crippen LogP contribution in [0.5, 0.6) is 5.75 Å². The maximum atomic E-state index is 12.9. The van der Waals surface area contributed by atoms with Crippen LogP contribution in [0.4, 0.5) is 16.2 Å². The Balaban J connectivity index is 1.87. The third kappa shape index (κ3) is 3.56. The molecule has 2 amide bonds. The van der Waals surface area contributed by atoms with Crippen LogP contribution in [-0.2, 0) is 0 Å². The minimum atomic E-state index is -0.202. The number of aryl methyl sites for hydroxylation is 1. The molecule has 5 heteroatoms. The van der Waals surface area contributed by atoms with E-state index in [2.05, 4.69) is 10.3 Å². The number of nitrogens with one attached hydrogen (secondary N) is 1. The molecule has 124 valence electrons. The van der Waals surface area contributed by atoms with Gasteiger partial charge in [-0.25, -0.2) is 4.79 Å². The van der Waals surface area contributed by atoms with Crippen molar-refractivity contribution in [3.8, 4) is 5.75 Å². The first kappa shape index (κ1) is 16.1. The van der Waals surface area contributed by atoms with E-state index in [0.717, 1.165) is 47.9 Å². The van der Waals surface area contributed by atoms with Crippen molar-refractivity contribution in [3.63, 3.8) is 0 Å². The Morgan fingerprint density at radius 2 is 2.00 bits per heavy atom. The fraction of sp³-hybridized carbons (Fsp3) is 0.263. The second kappa shape index (κ2) is 7.17. The molecule has 1 heterocycles. The second-order valence-electron chi connectivity index (χ2n) is 5.73. The molecule has 1 aliphatic rings. The zero-order valence-electron chi connectivity index (χ0n) is 14.0. The van der Waals surface area contributed by atoms with Gasteiger partial charge in [-0.2, -0.15) is 0 Å². The van der Waals surface area contributed by atoms with Gasteiger partial charge in [-0.15, -0.1) is 0 Å². The predicted octanol–water partition coefficient (Wildman–Crippen LogP) is 4.23. The van der Waals surface area contributed by atoms with Crippen molar-refractivity contribution in [2.24, 2.45) is 4.99 Å². The average molecular weight is 323 g/mol. The lowest BCUT2D eigenvalue weighted by molar-refractivity contribution is 0.259. The number of carbonyl (C=O) groups is 1. The Labute approximate surface area is 142 Å². The Hall–Kier alpha value is -2.82. The second-order valence-corrected chi connectivity index (χ2v) is 5.73. The van der Waals surface area contributed by atoms with Crippen molar-refractivity contribution < 1.29 is 9.53 Å². The molecule has 0 bridgehead atoms. The van der Waals surface area contributed by atoms with E-state index in [1.165, 1.54) is 0 Å². The number of methoxy groups -OCH3 is 1. The van der Waals surface area contributed by atoms with Crippen LogP contribution in [0.3, 0.4) is 0 Å². The first-order valence-corrected chi connectivity index (χ1v) is 8.02. The molecule has 1 N–H and O–H groups in total. The van der Waals surface area contributed by atoms with Crippen molar-refractivity contribution in [2.75, 3.05) is 23.9 Å². The zero-order chi connectivity index (χ0) is 16.9. The van der Waals surface area contributed by atoms with Crippen LogP contribution >= 0.6 is 0 Å². The molecule has 24 heavy (non-hydrogen) atoms. The molecule has 0 fully saturated rings. The van der Waals surface area contributed by atoms with E-state index < -0.39 is 0 Å². The van der Waals surface area contributed by atoms with Crippen LogP contribution in [0.2, 0.25) is 0 Å². The van der Waals surface area contributed by atoms with E-state index in [0.29, 0.717) is 0 Å². The van der Waals surface area contributed by atoms with E-state index in [-0.39, 0.29) is 6.03 Å². The van der Waals surface area contributed by atoms with Gasteiger partial charge in [0.15, 0.2) is 0 Å². The summed E-state index contributed by atoms with van der Waals surface area (Å²) in [5.74, 6) is 1.55. The van der Waals surface area contributed by atoms with Crippen LogP contribution in [0.25, 0.3) is 0 Å². The summed E-state index contributed by atoms with van der Waals surface area (Å²) in [6.45, 7) is 2.76. The summed E-state index contributed by atoms with van der Waals surface area (Å²) in [5, 5.41) is 2.96. The maximum absolute atomic E-state index is 12.9. The fourth-order valence-electron chi connectivity index (χ4n) is 2.72. The molecule has 0 aliphatic carbocycles. The van der Waals surface area contributed by atoms with Crippen LogP contribution in [0.1, 0.15) is 18.4 Å². The number of carbonyl (C=O) groups excluding carboxylic acids is 1. The quantitative estimate of drug-likeness (QED) is 0.919. The lowest BCUT2D eigenvalue weighted by Gasteiger charge is -2.23. The number of nitrogens with zero attached hydrogens (tertiary/aromatic N) is 2. The van der Waals surface area contributed by atoms with Crippen molar-refractivity contribution in [2.45, 2.75) is 19.8 Å². The molecule has 0 saturated carbocycles. The molecule has 0 spiro atoms. The standard InChI is InChI=1S/C19H21N3O2/c1-14-5-3-6-15(13-14)21-19(23)22(18-7-4-12-20-18)16-8-10-17(24-2)11-9-16/h3,5-6,8-11,13H,4,7,12H2,1-2H3,(H,21,23). The van der Waals surface area contributed by atoms with Gasteiger partial charge in [0.2, 0.25) is 0 Å². The largest absolute Gasteiger partial charge is 0.497 e. The van der Waals surface area contributed by atoms with Crippen molar-refractivity contribution >= 4 is 23.2 Å². The summed E-state index contributed by atoms with van der Waals surface area (Å²) >= 11 is 0. The lowest BCUT2D eigenvalue weighted by Crippen LogP contribution is -2.39. The number of amidine groups is 1. The minimum absolute atomic E-state index is 0.202. The third-order valence-electron chi connectivity index (χ3n) is 3.91. The van der Waals surface area contributed by atoms with Gasteiger partial charge in [-0.05, 0) is 55.3 Å². The number of hydrogen-bond donors (Lipinski definition) is 1. The van der Waals surface area contributed by atoms with Gasteiger partial charge in [0.25, 0.3) is 0 Å². The fourth-order valence-corrected chi connectivity index (χ4v) is 2.72. The van der Waals surface area contributed by atoms with Crippen molar-refractivity contribution in [1.29, 1.82) is 0 Å². The van der Waals surface area contributed by atoms with Crippen LogP contribution in [0.15, 0.2) is 53.5 Å². The molecule has 0 saturated heterocycles. The number of benzene rings is 2. The molecular weight excluding hydrogens is 302 g/mol. The van der Waals surface area contributed by atoms with Gasteiger partial charge in [-0.3, -0.25) is 9.89 Å². The van der Waals surface area contributed by atoms with E-state index >= 15 is 0 Å². The number of amides is 2. The number of anilines is 2. The molecule has 0 radical (unpaired) electrons. The summed E-state index contributed by atoms with van der Waals surface area (Å²) in [7, 11) is 1.62. The molecule has 0 aromatic heterocycles. The van der Waals surface area contributed by atoms with Gasteiger partial charge in [0, 0.05) is 18.7 Å². The molecule has 5 nitrogen and oxygen atoms in total. The Morgan fingerprint density at radius 1 is 1.21 bits per heavy atom. The monoisotopic (exact) mass is 323 g/mol. The molecule has 0 atom stereocenters. The molecule has 0 unspecified atom stereocenters. The third-order valence-corrected chi connectivity index (χ3v) is 3.91. The number of urea groups is 1. The van der Waals surface area contributed by atoms with Crippen molar-refractivity contribution in [1.82, 2.24) is 0 Å². The molecule has 3 rings (SSSR count). The highest BCUT2D eigenvalue weighted by molar-refractivity contribution is 6.20. The molecule has 2 aromatic rings. The first-order valence-electron chi connectivity index (χ1n) is 8.02. The Morgan fingerprint density at radius 3 is 2.62 bits per heavy atom. The summed E-state index contributed by atoms with van der Waals surface area (Å²) in [6, 6.07) is 15.0. The summed E-state index contributed by atoms with van der Waals surface area (Å²) < 4.78 is 5.19. The van der Waals surface area contributed by atoms with Gasteiger partial charge in [-0.1, -0.05) is 12.1 Å². The number of rotatable bonds is 3. The van der Waals surface area contributed by atoms with E-state index in [1.807, 2.05) is 55.5 Å². The number of hydrogen-bond acceptors (Lipinski definition) is 3. The lowest BCUT2D eigenvalue weighted by atomic mass is 10.2. The van der Waals surface area contributed by atoms with Crippen LogP contribution in [0, 0.1) is 6.92 Å². The highest BCUT2D eigenvalue weighted by atomic mass is 16.5. The van der Waals surface area contributed by atoms with E-state index in [9.17, 15) is 4.79 Å². The smallest absolute Gasteiger partial charge is 0.331 e. The van der Waals surface area contributed by atoms with E-state index in [4.69, 9.17) is 4.74 Å². The highest BCUT2D eigenvalue weighted by Gasteiger charge is 2.23. The highest BCUT2D eigenvalue weighted by Crippen LogP contribution is 2.23. The van der Waals surface area contributed by atoms with Crippen molar-refractivity contribution in [3.05, 3.63) is 54.1 Å². The van der Waals surface area contributed by atoms with Gasteiger partial charge in [0.1, 0.15) is 11.6 Å². The average Bonchev–Trinajstić information content (AvgIpc) is 3.10. The molecule has 2 aromatic carbocycles. The van der Waals surface area contributed by atoms with Gasteiger partial charge in [0.05, 0.1) is 12.8 Å². The predicted molar refractivity (Wildman–Crippen MR) is 97.2 cm³/mol. The normalized spacial score (nSPS) is 13.3. The van der Waals surface area contributed by atoms with Gasteiger partial charge >= 0.3 is 6.03 Å². The number of ether oxygens (including phenoxy) is 1. The number of aliphatic imine (C=N–C) groups is 1. The van der Waals surface area contributed by atoms with E-state index in [1.54, 1.807) is 12.0 Å². The molecular formula is C19H21N3O2. The first-order chi connectivity index (χ1) is 11.7. The van der Waals surface area contributed by atoms with Crippen LogP contribution in [-0.4, -0.2) is 25.5 Å².